The Morgan fingerprint density at radius 1 is 1.17 bits per heavy atom. The average molecular weight is 327 g/mol. The normalized spacial score (nSPS) is 11.2. The van der Waals surface area contributed by atoms with Crippen LogP contribution < -0.4 is 10.4 Å². The predicted molar refractivity (Wildman–Crippen MR) is 89.0 cm³/mol. The van der Waals surface area contributed by atoms with E-state index >= 15 is 0 Å². The van der Waals surface area contributed by atoms with Crippen molar-refractivity contribution < 1.29 is 4.74 Å². The van der Waals surface area contributed by atoms with E-state index in [0.717, 1.165) is 16.5 Å². The van der Waals surface area contributed by atoms with E-state index in [4.69, 9.17) is 16.3 Å². The van der Waals surface area contributed by atoms with Gasteiger partial charge >= 0.3 is 5.69 Å². The first kappa shape index (κ1) is 13.8. The molecule has 0 amide bonds. The Balaban J connectivity index is 1.95. The van der Waals surface area contributed by atoms with Crippen LogP contribution in [0.15, 0.2) is 41.3 Å². The Kier molecular flexibility index (Phi) is 3.06. The van der Waals surface area contributed by atoms with Crippen molar-refractivity contribution in [2.75, 3.05) is 7.11 Å². The molecule has 114 valence electrons. The molecular weight excluding hydrogens is 316 g/mol. The maximum absolute atomic E-state index is 11.4. The summed E-state index contributed by atoms with van der Waals surface area (Å²) in [4.78, 5) is 25.3. The summed E-state index contributed by atoms with van der Waals surface area (Å²) in [6.45, 7) is 0. The molecular formula is C16H11ClN4O2. The minimum atomic E-state index is -0.293. The number of ether oxygens (including phenoxy) is 1. The molecule has 0 spiro atoms. The fourth-order valence-electron chi connectivity index (χ4n) is 2.55. The zero-order valence-corrected chi connectivity index (χ0v) is 12.8. The van der Waals surface area contributed by atoms with Gasteiger partial charge in [0.15, 0.2) is 5.65 Å². The summed E-state index contributed by atoms with van der Waals surface area (Å²) < 4.78 is 5.06. The zero-order valence-electron chi connectivity index (χ0n) is 12.1. The summed E-state index contributed by atoms with van der Waals surface area (Å²) in [5.74, 6) is 0.541. The molecule has 2 N–H and O–H groups in total. The number of fused-ring (bicyclic) bond motifs is 2. The van der Waals surface area contributed by atoms with Crippen molar-refractivity contribution in [1.29, 1.82) is 0 Å². The summed E-state index contributed by atoms with van der Waals surface area (Å²) >= 11 is 6.56. The van der Waals surface area contributed by atoms with Crippen LogP contribution in [0.25, 0.3) is 33.2 Å². The molecule has 3 aromatic heterocycles. The van der Waals surface area contributed by atoms with Gasteiger partial charge in [0.05, 0.1) is 23.2 Å². The van der Waals surface area contributed by atoms with Gasteiger partial charge in [-0.2, -0.15) is 0 Å². The molecule has 0 saturated heterocycles. The van der Waals surface area contributed by atoms with Gasteiger partial charge < -0.3 is 9.72 Å². The fraction of sp³-hybridized carbons (Fsp3) is 0.0625. The molecule has 0 aliphatic carbocycles. The van der Waals surface area contributed by atoms with Gasteiger partial charge in [0.1, 0.15) is 0 Å². The minimum absolute atomic E-state index is 0.293. The highest BCUT2D eigenvalue weighted by Gasteiger charge is 2.11. The number of H-pyrrole nitrogens is 2. The Morgan fingerprint density at radius 2 is 2.04 bits per heavy atom. The highest BCUT2D eigenvalue weighted by molar-refractivity contribution is 6.38. The number of nitrogens with one attached hydrogen (secondary N) is 2. The van der Waals surface area contributed by atoms with Crippen LogP contribution in [0.2, 0.25) is 5.02 Å². The van der Waals surface area contributed by atoms with Crippen LogP contribution in [0.4, 0.5) is 0 Å². The van der Waals surface area contributed by atoms with Crippen LogP contribution >= 0.6 is 11.6 Å². The Morgan fingerprint density at radius 3 is 2.78 bits per heavy atom. The van der Waals surface area contributed by atoms with E-state index in [1.54, 1.807) is 19.4 Å². The molecule has 0 fully saturated rings. The number of halogens is 1. The number of pyridine rings is 2. The van der Waals surface area contributed by atoms with Crippen LogP contribution in [0.1, 0.15) is 0 Å². The summed E-state index contributed by atoms with van der Waals surface area (Å²) in [5.41, 5.74) is 3.27. The summed E-state index contributed by atoms with van der Waals surface area (Å²) in [6, 6.07) is 9.24. The summed E-state index contributed by atoms with van der Waals surface area (Å²) in [6.07, 6.45) is 1.70. The summed E-state index contributed by atoms with van der Waals surface area (Å²) in [7, 11) is 1.57. The molecule has 0 aliphatic heterocycles. The molecule has 6 nitrogen and oxygen atoms in total. The van der Waals surface area contributed by atoms with Crippen LogP contribution in [0.3, 0.4) is 0 Å². The molecule has 0 atom stereocenters. The molecule has 0 bridgehead atoms. The van der Waals surface area contributed by atoms with Gasteiger partial charge in [-0.15, -0.1) is 0 Å². The molecule has 4 rings (SSSR count). The lowest BCUT2D eigenvalue weighted by atomic mass is 10.0. The summed E-state index contributed by atoms with van der Waals surface area (Å²) in [5, 5.41) is 1.33. The van der Waals surface area contributed by atoms with Crippen molar-refractivity contribution in [2.45, 2.75) is 0 Å². The second kappa shape index (κ2) is 5.10. The van der Waals surface area contributed by atoms with Gasteiger partial charge in [-0.3, -0.25) is 4.98 Å². The lowest BCUT2D eigenvalue weighted by Gasteiger charge is -2.08. The van der Waals surface area contributed by atoms with E-state index < -0.39 is 0 Å². The van der Waals surface area contributed by atoms with Crippen LogP contribution in [-0.4, -0.2) is 27.0 Å². The third-order valence-corrected chi connectivity index (χ3v) is 4.08. The molecule has 0 unspecified atom stereocenters. The topological polar surface area (TPSA) is 83.7 Å². The first-order chi connectivity index (χ1) is 11.2. The first-order valence-electron chi connectivity index (χ1n) is 6.87. The maximum Gasteiger partial charge on any atom is 0.325 e. The van der Waals surface area contributed by atoms with Crippen molar-refractivity contribution in [1.82, 2.24) is 19.9 Å². The second-order valence-electron chi connectivity index (χ2n) is 5.05. The molecule has 23 heavy (non-hydrogen) atoms. The Labute approximate surface area is 135 Å². The lowest BCUT2D eigenvalue weighted by molar-refractivity contribution is 0.398. The van der Waals surface area contributed by atoms with Gasteiger partial charge in [0, 0.05) is 28.8 Å². The number of aromatic amines is 2. The second-order valence-corrected chi connectivity index (χ2v) is 5.42. The number of imidazole rings is 1. The number of hydrogen-bond acceptors (Lipinski definition) is 4. The van der Waals surface area contributed by atoms with E-state index in [-0.39, 0.29) is 5.69 Å². The van der Waals surface area contributed by atoms with E-state index in [2.05, 4.69) is 19.9 Å². The molecule has 0 saturated carbocycles. The number of nitrogens with zero attached hydrogens (tertiary/aromatic N) is 2. The number of benzene rings is 1. The van der Waals surface area contributed by atoms with E-state index in [0.29, 0.717) is 27.6 Å². The number of aromatic nitrogens is 4. The Bertz CT molecular complexity index is 1080. The molecule has 1 aromatic carbocycles. The predicted octanol–water partition coefficient (Wildman–Crippen LogP) is 3.13. The van der Waals surface area contributed by atoms with E-state index in [1.807, 2.05) is 24.3 Å². The van der Waals surface area contributed by atoms with E-state index in [1.165, 1.54) is 0 Å². The quantitative estimate of drug-likeness (QED) is 0.593. The van der Waals surface area contributed by atoms with Gasteiger partial charge in [-0.25, -0.2) is 14.8 Å². The SMILES string of the molecule is COc1ccc(-c2ccc3nc4[nH]c(=O)[nH]c4cc3c2Cl)cn1. The molecule has 0 radical (unpaired) electrons. The van der Waals surface area contributed by atoms with E-state index in [9.17, 15) is 4.79 Å². The van der Waals surface area contributed by atoms with Crippen molar-refractivity contribution in [2.24, 2.45) is 0 Å². The molecule has 3 heterocycles. The van der Waals surface area contributed by atoms with Gasteiger partial charge in [0.2, 0.25) is 5.88 Å². The highest BCUT2D eigenvalue weighted by Crippen LogP contribution is 2.34. The third-order valence-electron chi connectivity index (χ3n) is 3.67. The lowest BCUT2D eigenvalue weighted by Crippen LogP contribution is -1.99. The minimum Gasteiger partial charge on any atom is -0.481 e. The largest absolute Gasteiger partial charge is 0.481 e. The van der Waals surface area contributed by atoms with Gasteiger partial charge in [0.25, 0.3) is 0 Å². The van der Waals surface area contributed by atoms with Crippen molar-refractivity contribution in [3.8, 4) is 17.0 Å². The van der Waals surface area contributed by atoms with Crippen LogP contribution in [-0.2, 0) is 0 Å². The zero-order chi connectivity index (χ0) is 16.0. The van der Waals surface area contributed by atoms with Crippen LogP contribution in [0.5, 0.6) is 5.88 Å². The van der Waals surface area contributed by atoms with Crippen molar-refractivity contribution in [3.05, 3.63) is 52.0 Å². The molecule has 7 heteroatoms. The standard InChI is InChI=1S/C16H11ClN4O2/c1-23-13-5-2-8(7-18-13)9-3-4-11-10(14(9)17)6-12-15(19-11)21-16(22)20-12/h2-7H,1H3,(H2,19,20,21,22). The molecule has 0 aliphatic rings. The first-order valence-corrected chi connectivity index (χ1v) is 7.25. The molecule has 4 aromatic rings. The van der Waals surface area contributed by atoms with Gasteiger partial charge in [-0.05, 0) is 18.2 Å². The van der Waals surface area contributed by atoms with Crippen LogP contribution in [0, 0.1) is 0 Å². The van der Waals surface area contributed by atoms with Crippen molar-refractivity contribution in [3.63, 3.8) is 0 Å². The monoisotopic (exact) mass is 326 g/mol. The highest BCUT2D eigenvalue weighted by atomic mass is 35.5. The number of rotatable bonds is 2. The average Bonchev–Trinajstić information content (AvgIpc) is 2.93. The Hall–Kier alpha value is -2.86. The smallest absolute Gasteiger partial charge is 0.325 e. The van der Waals surface area contributed by atoms with Crippen molar-refractivity contribution >= 4 is 33.7 Å². The van der Waals surface area contributed by atoms with Gasteiger partial charge in [-0.1, -0.05) is 17.7 Å². The maximum atomic E-state index is 11.4. The number of methoxy groups -OCH3 is 1. The third kappa shape index (κ3) is 2.24. The number of hydrogen-bond donors (Lipinski definition) is 2. The fourth-order valence-corrected chi connectivity index (χ4v) is 2.87.